The first-order valence-electron chi connectivity index (χ1n) is 8.91. The molecular formula is C23H19ClN2O3. The van der Waals surface area contributed by atoms with E-state index in [1.54, 1.807) is 48.5 Å². The van der Waals surface area contributed by atoms with Gasteiger partial charge in [0.1, 0.15) is 12.4 Å². The number of carbonyl (C=O) groups excluding carboxylic acids is 2. The number of halogens is 1. The Morgan fingerprint density at radius 2 is 1.55 bits per heavy atom. The molecule has 3 aromatic rings. The largest absolute Gasteiger partial charge is 0.489 e. The number of ether oxygens (including phenoxy) is 1. The van der Waals surface area contributed by atoms with E-state index in [1.807, 2.05) is 36.4 Å². The van der Waals surface area contributed by atoms with Crippen molar-refractivity contribution in [3.05, 3.63) is 107 Å². The van der Waals surface area contributed by atoms with Crippen LogP contribution in [-0.2, 0) is 11.4 Å². The van der Waals surface area contributed by atoms with Gasteiger partial charge in [0.05, 0.1) is 0 Å². The zero-order valence-corrected chi connectivity index (χ0v) is 16.2. The molecule has 0 spiro atoms. The lowest BCUT2D eigenvalue weighted by atomic mass is 10.2. The van der Waals surface area contributed by atoms with Gasteiger partial charge in [0, 0.05) is 16.7 Å². The van der Waals surface area contributed by atoms with E-state index in [0.717, 1.165) is 5.56 Å². The van der Waals surface area contributed by atoms with Crippen LogP contribution in [0.1, 0.15) is 21.5 Å². The summed E-state index contributed by atoms with van der Waals surface area (Å²) in [4.78, 5) is 24.0. The molecule has 0 heterocycles. The summed E-state index contributed by atoms with van der Waals surface area (Å²) in [5, 5.41) is 0.537. The molecule has 0 saturated heterocycles. The van der Waals surface area contributed by atoms with Crippen LogP contribution in [-0.4, -0.2) is 11.8 Å². The number of benzene rings is 3. The van der Waals surface area contributed by atoms with Gasteiger partial charge in [-0.05, 0) is 47.5 Å². The fraction of sp³-hybridized carbons (Fsp3) is 0.0435. The molecule has 0 fully saturated rings. The minimum Gasteiger partial charge on any atom is -0.489 e. The second kappa shape index (κ2) is 10.1. The maximum absolute atomic E-state index is 12.2. The molecule has 0 aliphatic carbocycles. The quantitative estimate of drug-likeness (QED) is 0.471. The Morgan fingerprint density at radius 1 is 0.862 bits per heavy atom. The Hall–Kier alpha value is -3.57. The first-order chi connectivity index (χ1) is 14.1. The van der Waals surface area contributed by atoms with E-state index in [2.05, 4.69) is 10.9 Å². The lowest BCUT2D eigenvalue weighted by Gasteiger charge is -2.08. The molecule has 0 bridgehead atoms. The van der Waals surface area contributed by atoms with Crippen molar-refractivity contribution in [1.29, 1.82) is 0 Å². The van der Waals surface area contributed by atoms with Gasteiger partial charge in [-0.25, -0.2) is 0 Å². The average Bonchev–Trinajstić information content (AvgIpc) is 2.76. The Labute approximate surface area is 173 Å². The third kappa shape index (κ3) is 6.23. The van der Waals surface area contributed by atoms with E-state index < -0.39 is 11.8 Å². The van der Waals surface area contributed by atoms with Crippen molar-refractivity contribution < 1.29 is 14.3 Å². The van der Waals surface area contributed by atoms with E-state index in [1.165, 1.54) is 6.08 Å². The maximum Gasteiger partial charge on any atom is 0.269 e. The summed E-state index contributed by atoms with van der Waals surface area (Å²) < 4.78 is 5.69. The first-order valence-corrected chi connectivity index (χ1v) is 9.29. The van der Waals surface area contributed by atoms with Gasteiger partial charge in [-0.2, -0.15) is 0 Å². The van der Waals surface area contributed by atoms with Gasteiger partial charge in [-0.3, -0.25) is 20.4 Å². The van der Waals surface area contributed by atoms with Crippen LogP contribution in [0, 0.1) is 0 Å². The smallest absolute Gasteiger partial charge is 0.269 e. The third-order valence-electron chi connectivity index (χ3n) is 3.98. The highest BCUT2D eigenvalue weighted by molar-refractivity contribution is 6.32. The molecule has 2 N–H and O–H groups in total. The van der Waals surface area contributed by atoms with E-state index in [0.29, 0.717) is 28.5 Å². The minimum atomic E-state index is -0.471. The Kier molecular flexibility index (Phi) is 7.03. The Balaban J connectivity index is 1.47. The fourth-order valence-corrected chi connectivity index (χ4v) is 2.65. The molecule has 0 aliphatic rings. The summed E-state index contributed by atoms with van der Waals surface area (Å²) in [6.07, 6.45) is 2.87. The zero-order chi connectivity index (χ0) is 20.5. The van der Waals surface area contributed by atoms with E-state index in [9.17, 15) is 9.59 Å². The lowest BCUT2D eigenvalue weighted by molar-refractivity contribution is -0.117. The van der Waals surface area contributed by atoms with Gasteiger partial charge in [0.2, 0.25) is 0 Å². The second-order valence-corrected chi connectivity index (χ2v) is 6.50. The highest BCUT2D eigenvalue weighted by Crippen LogP contribution is 2.16. The van der Waals surface area contributed by atoms with E-state index in [-0.39, 0.29) is 0 Å². The predicted octanol–water partition coefficient (Wildman–Crippen LogP) is 4.39. The van der Waals surface area contributed by atoms with Gasteiger partial charge < -0.3 is 4.74 Å². The molecule has 0 atom stereocenters. The fourth-order valence-electron chi connectivity index (χ4n) is 2.45. The van der Waals surface area contributed by atoms with Crippen molar-refractivity contribution in [3.8, 4) is 5.75 Å². The molecule has 0 radical (unpaired) electrons. The number of amides is 2. The summed E-state index contributed by atoms with van der Waals surface area (Å²) in [7, 11) is 0. The predicted molar refractivity (Wildman–Crippen MR) is 113 cm³/mol. The molecule has 5 nitrogen and oxygen atoms in total. The molecule has 0 unspecified atom stereocenters. The molecule has 0 saturated carbocycles. The number of nitrogens with one attached hydrogen (secondary N) is 2. The molecule has 29 heavy (non-hydrogen) atoms. The highest BCUT2D eigenvalue weighted by atomic mass is 35.5. The normalized spacial score (nSPS) is 10.5. The van der Waals surface area contributed by atoms with Crippen molar-refractivity contribution in [2.45, 2.75) is 6.61 Å². The third-order valence-corrected chi connectivity index (χ3v) is 4.33. The Morgan fingerprint density at radius 3 is 2.28 bits per heavy atom. The second-order valence-electron chi connectivity index (χ2n) is 6.10. The number of carbonyl (C=O) groups is 2. The SMILES string of the molecule is O=C(/C=C/c1ccccc1Cl)NNC(=O)c1ccc(OCc2ccccc2)cc1. The summed E-state index contributed by atoms with van der Waals surface area (Å²) in [6.45, 7) is 0.445. The average molecular weight is 407 g/mol. The summed E-state index contributed by atoms with van der Waals surface area (Å²) >= 11 is 6.02. The van der Waals surface area contributed by atoms with E-state index >= 15 is 0 Å². The van der Waals surface area contributed by atoms with Gasteiger partial charge in [-0.15, -0.1) is 0 Å². The van der Waals surface area contributed by atoms with Crippen molar-refractivity contribution in [3.63, 3.8) is 0 Å². The van der Waals surface area contributed by atoms with Crippen LogP contribution in [0.3, 0.4) is 0 Å². The van der Waals surface area contributed by atoms with Gasteiger partial charge >= 0.3 is 0 Å². The molecular weight excluding hydrogens is 388 g/mol. The van der Waals surface area contributed by atoms with Crippen LogP contribution >= 0.6 is 11.6 Å². The molecule has 3 aromatic carbocycles. The summed E-state index contributed by atoms with van der Waals surface area (Å²) in [5.74, 6) is -0.253. The van der Waals surface area contributed by atoms with Crippen LogP contribution in [0.25, 0.3) is 6.08 Å². The van der Waals surface area contributed by atoms with Crippen LogP contribution in [0.15, 0.2) is 84.9 Å². The number of hydrazine groups is 1. The minimum absolute atomic E-state index is 0.396. The zero-order valence-electron chi connectivity index (χ0n) is 15.5. The number of rotatable bonds is 6. The topological polar surface area (TPSA) is 67.4 Å². The summed E-state index contributed by atoms with van der Waals surface area (Å²) in [6, 6.07) is 23.6. The molecule has 146 valence electrons. The van der Waals surface area contributed by atoms with Crippen LogP contribution in [0.4, 0.5) is 0 Å². The van der Waals surface area contributed by atoms with Gasteiger partial charge in [-0.1, -0.05) is 60.1 Å². The monoisotopic (exact) mass is 406 g/mol. The van der Waals surface area contributed by atoms with Gasteiger partial charge in [0.15, 0.2) is 0 Å². The van der Waals surface area contributed by atoms with Crippen LogP contribution in [0.2, 0.25) is 5.02 Å². The molecule has 0 aromatic heterocycles. The van der Waals surface area contributed by atoms with Crippen LogP contribution < -0.4 is 15.6 Å². The molecule has 2 amide bonds. The van der Waals surface area contributed by atoms with Crippen molar-refractivity contribution >= 4 is 29.5 Å². The summed E-state index contributed by atoms with van der Waals surface area (Å²) in [5.41, 5.74) is 6.86. The maximum atomic E-state index is 12.2. The van der Waals surface area contributed by atoms with Crippen LogP contribution in [0.5, 0.6) is 5.75 Å². The van der Waals surface area contributed by atoms with Crippen molar-refractivity contribution in [1.82, 2.24) is 10.9 Å². The standard InChI is InChI=1S/C23H19ClN2O3/c24-21-9-5-4-8-18(21)12-15-22(27)25-26-23(28)19-10-13-20(14-11-19)29-16-17-6-2-1-3-7-17/h1-15H,16H2,(H,25,27)(H,26,28)/b15-12+. The highest BCUT2D eigenvalue weighted by Gasteiger charge is 2.06. The number of hydrogen-bond donors (Lipinski definition) is 2. The van der Waals surface area contributed by atoms with E-state index in [4.69, 9.17) is 16.3 Å². The first kappa shape index (κ1) is 20.2. The molecule has 6 heteroatoms. The van der Waals surface area contributed by atoms with Gasteiger partial charge in [0.25, 0.3) is 11.8 Å². The lowest BCUT2D eigenvalue weighted by Crippen LogP contribution is -2.40. The van der Waals surface area contributed by atoms with Crippen molar-refractivity contribution in [2.24, 2.45) is 0 Å². The van der Waals surface area contributed by atoms with Crippen molar-refractivity contribution in [2.75, 3.05) is 0 Å². The Bertz CT molecular complexity index is 1000. The molecule has 3 rings (SSSR count). The molecule has 0 aliphatic heterocycles. The number of hydrogen-bond acceptors (Lipinski definition) is 3.